The Labute approximate surface area is 102 Å². The molecule has 3 N–H and O–H groups in total. The van der Waals surface area contributed by atoms with E-state index in [-0.39, 0.29) is 5.91 Å². The molecule has 0 heterocycles. The summed E-state index contributed by atoms with van der Waals surface area (Å²) >= 11 is 0. The molecule has 2 rings (SSSR count). The van der Waals surface area contributed by atoms with Crippen molar-refractivity contribution in [2.75, 3.05) is 6.54 Å². The van der Waals surface area contributed by atoms with E-state index in [0.29, 0.717) is 12.5 Å². The van der Waals surface area contributed by atoms with Crippen LogP contribution in [0.5, 0.6) is 0 Å². The highest BCUT2D eigenvalue weighted by atomic mass is 16.2. The zero-order valence-electron chi connectivity index (χ0n) is 10.5. The zero-order chi connectivity index (χ0) is 12.5. The number of hydrogen-bond acceptors (Lipinski definition) is 2. The van der Waals surface area contributed by atoms with Gasteiger partial charge < -0.3 is 11.1 Å². The van der Waals surface area contributed by atoms with Crippen LogP contribution in [0.1, 0.15) is 36.8 Å². The Morgan fingerprint density at radius 3 is 2.53 bits per heavy atom. The monoisotopic (exact) mass is 232 g/mol. The van der Waals surface area contributed by atoms with Crippen LogP contribution in [0.2, 0.25) is 0 Å². The molecule has 1 aromatic rings. The first-order chi connectivity index (χ1) is 8.01. The first kappa shape index (κ1) is 12.1. The van der Waals surface area contributed by atoms with E-state index in [1.165, 1.54) is 11.1 Å². The Bertz CT molecular complexity index is 407. The van der Waals surface area contributed by atoms with Crippen molar-refractivity contribution < 1.29 is 4.79 Å². The molecule has 1 saturated carbocycles. The SMILES string of the molecule is Cc1ccc(C(C)CNC(=O)C2(N)CC2)cc1. The van der Waals surface area contributed by atoms with Gasteiger partial charge in [0.25, 0.3) is 0 Å². The molecule has 1 atom stereocenters. The second-order valence-electron chi connectivity index (χ2n) is 5.18. The second kappa shape index (κ2) is 4.49. The highest BCUT2D eigenvalue weighted by Crippen LogP contribution is 2.32. The fourth-order valence-electron chi connectivity index (χ4n) is 1.80. The minimum absolute atomic E-state index is 0.00328. The third-order valence-corrected chi connectivity index (χ3v) is 3.46. The predicted molar refractivity (Wildman–Crippen MR) is 68.8 cm³/mol. The molecule has 3 nitrogen and oxygen atoms in total. The van der Waals surface area contributed by atoms with Gasteiger partial charge in [-0.05, 0) is 31.2 Å². The summed E-state index contributed by atoms with van der Waals surface area (Å²) in [5.41, 5.74) is 7.76. The van der Waals surface area contributed by atoms with Gasteiger partial charge in [0.1, 0.15) is 0 Å². The van der Waals surface area contributed by atoms with E-state index < -0.39 is 5.54 Å². The van der Waals surface area contributed by atoms with E-state index in [0.717, 1.165) is 12.8 Å². The maximum atomic E-state index is 11.7. The van der Waals surface area contributed by atoms with Crippen molar-refractivity contribution in [2.45, 2.75) is 38.1 Å². The number of amides is 1. The molecular formula is C14H20N2O. The Morgan fingerprint density at radius 1 is 1.41 bits per heavy atom. The van der Waals surface area contributed by atoms with Gasteiger partial charge in [-0.2, -0.15) is 0 Å². The molecule has 0 aliphatic heterocycles. The summed E-state index contributed by atoms with van der Waals surface area (Å²) in [6, 6.07) is 8.42. The van der Waals surface area contributed by atoms with Crippen LogP contribution in [0, 0.1) is 6.92 Å². The van der Waals surface area contributed by atoms with E-state index in [2.05, 4.69) is 43.4 Å². The van der Waals surface area contributed by atoms with Crippen molar-refractivity contribution in [3.05, 3.63) is 35.4 Å². The van der Waals surface area contributed by atoms with Crippen LogP contribution in [-0.4, -0.2) is 18.0 Å². The highest BCUT2D eigenvalue weighted by molar-refractivity contribution is 5.88. The number of carbonyl (C=O) groups is 1. The Morgan fingerprint density at radius 2 is 2.00 bits per heavy atom. The van der Waals surface area contributed by atoms with E-state index in [1.807, 2.05) is 0 Å². The molecule has 1 amide bonds. The van der Waals surface area contributed by atoms with E-state index >= 15 is 0 Å². The maximum absolute atomic E-state index is 11.7. The van der Waals surface area contributed by atoms with Gasteiger partial charge in [-0.15, -0.1) is 0 Å². The van der Waals surface area contributed by atoms with Crippen LogP contribution < -0.4 is 11.1 Å². The molecule has 0 aromatic heterocycles. The molecule has 1 aliphatic carbocycles. The zero-order valence-corrected chi connectivity index (χ0v) is 10.5. The number of benzene rings is 1. The van der Waals surface area contributed by atoms with Gasteiger partial charge in [0.2, 0.25) is 5.91 Å². The summed E-state index contributed by atoms with van der Waals surface area (Å²) in [6.07, 6.45) is 1.63. The van der Waals surface area contributed by atoms with Gasteiger partial charge in [-0.25, -0.2) is 0 Å². The van der Waals surface area contributed by atoms with Crippen molar-refractivity contribution in [1.29, 1.82) is 0 Å². The molecule has 0 radical (unpaired) electrons. The fraction of sp³-hybridized carbons (Fsp3) is 0.500. The van der Waals surface area contributed by atoms with Gasteiger partial charge in [0.15, 0.2) is 0 Å². The smallest absolute Gasteiger partial charge is 0.240 e. The molecule has 1 fully saturated rings. The number of rotatable bonds is 4. The second-order valence-corrected chi connectivity index (χ2v) is 5.18. The normalized spacial score (nSPS) is 18.5. The number of carbonyl (C=O) groups excluding carboxylic acids is 1. The summed E-state index contributed by atoms with van der Waals surface area (Å²) in [6.45, 7) is 4.84. The van der Waals surface area contributed by atoms with Crippen LogP contribution in [-0.2, 0) is 4.79 Å². The molecule has 0 saturated heterocycles. The summed E-state index contributed by atoms with van der Waals surface area (Å²) in [4.78, 5) is 11.7. The molecule has 0 bridgehead atoms. The molecule has 3 heteroatoms. The number of aryl methyl sites for hydroxylation is 1. The van der Waals surface area contributed by atoms with E-state index in [4.69, 9.17) is 5.73 Å². The summed E-state index contributed by atoms with van der Waals surface area (Å²) in [5, 5.41) is 2.93. The molecule has 92 valence electrons. The molecule has 1 unspecified atom stereocenters. The average molecular weight is 232 g/mol. The lowest BCUT2D eigenvalue weighted by Crippen LogP contribution is -2.43. The minimum Gasteiger partial charge on any atom is -0.354 e. The molecular weight excluding hydrogens is 212 g/mol. The average Bonchev–Trinajstić information content (AvgIpc) is 3.06. The Kier molecular flexibility index (Phi) is 3.20. The first-order valence-corrected chi connectivity index (χ1v) is 6.15. The highest BCUT2D eigenvalue weighted by Gasteiger charge is 2.45. The van der Waals surface area contributed by atoms with Gasteiger partial charge in [0, 0.05) is 6.54 Å². The Hall–Kier alpha value is -1.35. The van der Waals surface area contributed by atoms with Gasteiger partial charge >= 0.3 is 0 Å². The van der Waals surface area contributed by atoms with Crippen molar-refractivity contribution in [2.24, 2.45) is 5.73 Å². The molecule has 1 aromatic carbocycles. The van der Waals surface area contributed by atoms with E-state index in [1.54, 1.807) is 0 Å². The molecule has 0 spiro atoms. The lowest BCUT2D eigenvalue weighted by atomic mass is 10.00. The largest absolute Gasteiger partial charge is 0.354 e. The maximum Gasteiger partial charge on any atom is 0.240 e. The van der Waals surface area contributed by atoms with Crippen molar-refractivity contribution in [1.82, 2.24) is 5.32 Å². The third-order valence-electron chi connectivity index (χ3n) is 3.46. The van der Waals surface area contributed by atoms with Gasteiger partial charge in [-0.3, -0.25) is 4.79 Å². The van der Waals surface area contributed by atoms with Crippen molar-refractivity contribution >= 4 is 5.91 Å². The van der Waals surface area contributed by atoms with E-state index in [9.17, 15) is 4.79 Å². The number of nitrogens with two attached hydrogens (primary N) is 1. The summed E-state index contributed by atoms with van der Waals surface area (Å²) < 4.78 is 0. The quantitative estimate of drug-likeness (QED) is 0.830. The van der Waals surface area contributed by atoms with Crippen LogP contribution in [0.3, 0.4) is 0 Å². The standard InChI is InChI=1S/C14H20N2O/c1-10-3-5-12(6-4-10)11(2)9-16-13(17)14(15)7-8-14/h3-6,11H,7-9,15H2,1-2H3,(H,16,17). The predicted octanol–water partition coefficient (Wildman–Crippen LogP) is 1.71. The van der Waals surface area contributed by atoms with Gasteiger partial charge in [-0.1, -0.05) is 36.8 Å². The third kappa shape index (κ3) is 2.86. The van der Waals surface area contributed by atoms with Crippen molar-refractivity contribution in [3.63, 3.8) is 0 Å². The molecule has 17 heavy (non-hydrogen) atoms. The lowest BCUT2D eigenvalue weighted by molar-refractivity contribution is -0.123. The first-order valence-electron chi connectivity index (χ1n) is 6.15. The molecule has 1 aliphatic rings. The van der Waals surface area contributed by atoms with Crippen LogP contribution in [0.4, 0.5) is 0 Å². The Balaban J connectivity index is 1.86. The summed E-state index contributed by atoms with van der Waals surface area (Å²) in [5.74, 6) is 0.318. The van der Waals surface area contributed by atoms with Crippen LogP contribution in [0.25, 0.3) is 0 Å². The van der Waals surface area contributed by atoms with Gasteiger partial charge in [0.05, 0.1) is 5.54 Å². The number of nitrogens with one attached hydrogen (secondary N) is 1. The lowest BCUT2D eigenvalue weighted by Gasteiger charge is -2.15. The number of hydrogen-bond donors (Lipinski definition) is 2. The van der Waals surface area contributed by atoms with Crippen molar-refractivity contribution in [3.8, 4) is 0 Å². The minimum atomic E-state index is -0.563. The van der Waals surface area contributed by atoms with Crippen LogP contribution >= 0.6 is 0 Å². The van der Waals surface area contributed by atoms with Crippen LogP contribution in [0.15, 0.2) is 24.3 Å². The summed E-state index contributed by atoms with van der Waals surface area (Å²) in [7, 11) is 0. The topological polar surface area (TPSA) is 55.1 Å². The fourth-order valence-corrected chi connectivity index (χ4v) is 1.80.